The normalized spacial score (nSPS) is 12.7. The van der Waals surface area contributed by atoms with E-state index in [2.05, 4.69) is 31.0 Å². The largest absolute Gasteiger partial charge is 0.497 e. The fourth-order valence-corrected chi connectivity index (χ4v) is 2.05. The molecule has 0 radical (unpaired) electrons. The third-order valence-electron chi connectivity index (χ3n) is 3.40. The summed E-state index contributed by atoms with van der Waals surface area (Å²) in [6.45, 7) is 5.12. The van der Waals surface area contributed by atoms with Gasteiger partial charge >= 0.3 is 0 Å². The lowest BCUT2D eigenvalue weighted by Gasteiger charge is -2.22. The molecule has 0 saturated carbocycles. The minimum absolute atomic E-state index is 0.611. The Kier molecular flexibility index (Phi) is 6.76. The molecule has 0 spiro atoms. The Morgan fingerprint density at radius 2 is 2.17 bits per heavy atom. The van der Waals surface area contributed by atoms with Gasteiger partial charge in [-0.15, -0.1) is 0 Å². The van der Waals surface area contributed by atoms with Crippen molar-refractivity contribution >= 4 is 0 Å². The van der Waals surface area contributed by atoms with Crippen LogP contribution < -0.4 is 10.5 Å². The number of likely N-dealkylation sites (N-methyl/N-ethyl adjacent to an activating group) is 1. The Labute approximate surface area is 111 Å². The molecule has 0 aliphatic heterocycles. The predicted octanol–water partition coefficient (Wildman–Crippen LogP) is 2.15. The molecule has 0 aromatic heterocycles. The van der Waals surface area contributed by atoms with Crippen molar-refractivity contribution in [3.05, 3.63) is 29.8 Å². The second-order valence-corrected chi connectivity index (χ2v) is 4.87. The number of nitrogens with zero attached hydrogens (tertiary/aromatic N) is 1. The lowest BCUT2D eigenvalue weighted by molar-refractivity contribution is 0.277. The van der Waals surface area contributed by atoms with Crippen LogP contribution in [0.15, 0.2) is 24.3 Å². The van der Waals surface area contributed by atoms with E-state index in [1.807, 2.05) is 12.1 Å². The molecule has 1 atom stereocenters. The van der Waals surface area contributed by atoms with Gasteiger partial charge in [0.1, 0.15) is 5.75 Å². The first-order valence-electron chi connectivity index (χ1n) is 6.71. The number of nitrogens with two attached hydrogens (primary N) is 1. The molecule has 3 nitrogen and oxygen atoms in total. The predicted molar refractivity (Wildman–Crippen MR) is 77.0 cm³/mol. The molecule has 0 aliphatic rings. The average Bonchev–Trinajstić information content (AvgIpc) is 2.42. The van der Waals surface area contributed by atoms with Gasteiger partial charge in [-0.3, -0.25) is 0 Å². The van der Waals surface area contributed by atoms with Crippen LogP contribution in [0.25, 0.3) is 0 Å². The van der Waals surface area contributed by atoms with E-state index in [0.29, 0.717) is 5.92 Å². The van der Waals surface area contributed by atoms with E-state index in [9.17, 15) is 0 Å². The van der Waals surface area contributed by atoms with E-state index in [-0.39, 0.29) is 0 Å². The summed E-state index contributed by atoms with van der Waals surface area (Å²) in [5.41, 5.74) is 7.05. The highest BCUT2D eigenvalue weighted by atomic mass is 16.5. The smallest absolute Gasteiger partial charge is 0.119 e. The van der Waals surface area contributed by atoms with Crippen LogP contribution in [-0.4, -0.2) is 38.7 Å². The van der Waals surface area contributed by atoms with Gasteiger partial charge in [0.15, 0.2) is 0 Å². The number of methoxy groups -OCH3 is 1. The van der Waals surface area contributed by atoms with Crippen LogP contribution >= 0.6 is 0 Å². The van der Waals surface area contributed by atoms with Gasteiger partial charge in [-0.25, -0.2) is 0 Å². The minimum atomic E-state index is 0.611. The lowest BCUT2D eigenvalue weighted by atomic mass is 10.1. The van der Waals surface area contributed by atoms with Crippen LogP contribution in [0.3, 0.4) is 0 Å². The maximum absolute atomic E-state index is 5.73. The summed E-state index contributed by atoms with van der Waals surface area (Å²) >= 11 is 0. The van der Waals surface area contributed by atoms with Crippen LogP contribution in [0, 0.1) is 5.92 Å². The monoisotopic (exact) mass is 250 g/mol. The highest BCUT2D eigenvalue weighted by molar-refractivity contribution is 5.28. The van der Waals surface area contributed by atoms with E-state index in [1.165, 1.54) is 5.56 Å². The molecule has 1 aromatic carbocycles. The van der Waals surface area contributed by atoms with Crippen molar-refractivity contribution in [2.24, 2.45) is 11.7 Å². The molecule has 18 heavy (non-hydrogen) atoms. The van der Waals surface area contributed by atoms with Gasteiger partial charge < -0.3 is 15.4 Å². The van der Waals surface area contributed by atoms with E-state index in [0.717, 1.165) is 38.2 Å². The molecular weight excluding hydrogens is 224 g/mol. The summed E-state index contributed by atoms with van der Waals surface area (Å²) in [5, 5.41) is 0. The number of benzene rings is 1. The second kappa shape index (κ2) is 8.11. The fourth-order valence-electron chi connectivity index (χ4n) is 2.05. The molecule has 0 amide bonds. The molecule has 0 fully saturated rings. The molecule has 102 valence electrons. The third kappa shape index (κ3) is 5.07. The van der Waals surface area contributed by atoms with Crippen LogP contribution in [0.1, 0.15) is 18.9 Å². The number of hydrogen-bond acceptors (Lipinski definition) is 3. The topological polar surface area (TPSA) is 38.5 Å². The zero-order chi connectivity index (χ0) is 13.4. The number of ether oxygens (including phenoxy) is 1. The van der Waals surface area contributed by atoms with Crippen LogP contribution in [-0.2, 0) is 6.42 Å². The standard InChI is InChI=1S/C15H26N2O/c1-4-13(11-16)12-17(2)9-8-14-6-5-7-15(10-14)18-3/h5-7,10,13H,4,8-9,11-12,16H2,1-3H3. The van der Waals surface area contributed by atoms with Gasteiger partial charge in [0.25, 0.3) is 0 Å². The summed E-state index contributed by atoms with van der Waals surface area (Å²) < 4.78 is 5.23. The highest BCUT2D eigenvalue weighted by Gasteiger charge is 2.07. The fraction of sp³-hybridized carbons (Fsp3) is 0.600. The molecule has 2 N–H and O–H groups in total. The van der Waals surface area contributed by atoms with Crippen molar-refractivity contribution in [3.8, 4) is 5.75 Å². The quantitative estimate of drug-likeness (QED) is 0.768. The molecule has 1 rings (SSSR count). The summed E-state index contributed by atoms with van der Waals surface area (Å²) in [6.07, 6.45) is 2.20. The zero-order valence-corrected chi connectivity index (χ0v) is 11.9. The van der Waals surface area contributed by atoms with Gasteiger partial charge in [0, 0.05) is 13.1 Å². The van der Waals surface area contributed by atoms with Gasteiger partial charge in [0.05, 0.1) is 7.11 Å². The first kappa shape index (κ1) is 15.0. The number of rotatable bonds is 8. The van der Waals surface area contributed by atoms with Gasteiger partial charge in [-0.2, -0.15) is 0 Å². The van der Waals surface area contributed by atoms with Crippen LogP contribution in [0.4, 0.5) is 0 Å². The van der Waals surface area contributed by atoms with Crippen LogP contribution in [0.2, 0.25) is 0 Å². The van der Waals surface area contributed by atoms with Crippen LogP contribution in [0.5, 0.6) is 5.75 Å². The van der Waals surface area contributed by atoms with Crippen molar-refractivity contribution in [2.75, 3.05) is 33.8 Å². The Morgan fingerprint density at radius 3 is 2.78 bits per heavy atom. The average molecular weight is 250 g/mol. The maximum atomic E-state index is 5.73. The molecule has 1 unspecified atom stereocenters. The van der Waals surface area contributed by atoms with Crippen molar-refractivity contribution in [3.63, 3.8) is 0 Å². The molecular formula is C15H26N2O. The summed E-state index contributed by atoms with van der Waals surface area (Å²) in [4.78, 5) is 2.36. The van der Waals surface area contributed by atoms with E-state index in [1.54, 1.807) is 7.11 Å². The Balaban J connectivity index is 2.39. The molecule has 0 heterocycles. The zero-order valence-electron chi connectivity index (χ0n) is 11.9. The van der Waals surface area contributed by atoms with Crippen molar-refractivity contribution < 1.29 is 4.74 Å². The Bertz CT molecular complexity index is 337. The first-order valence-corrected chi connectivity index (χ1v) is 6.71. The van der Waals surface area contributed by atoms with Gasteiger partial charge in [-0.05, 0) is 43.6 Å². The van der Waals surface area contributed by atoms with Crippen molar-refractivity contribution in [1.82, 2.24) is 4.90 Å². The SMILES string of the molecule is CCC(CN)CN(C)CCc1cccc(OC)c1. The van der Waals surface area contributed by atoms with E-state index >= 15 is 0 Å². The second-order valence-electron chi connectivity index (χ2n) is 4.87. The van der Waals surface area contributed by atoms with Gasteiger partial charge in [-0.1, -0.05) is 25.5 Å². The molecule has 0 bridgehead atoms. The third-order valence-corrected chi connectivity index (χ3v) is 3.40. The molecule has 1 aromatic rings. The summed E-state index contributed by atoms with van der Waals surface area (Å²) in [5.74, 6) is 1.55. The molecule has 3 heteroatoms. The highest BCUT2D eigenvalue weighted by Crippen LogP contribution is 2.13. The number of hydrogen-bond donors (Lipinski definition) is 1. The van der Waals surface area contributed by atoms with Gasteiger partial charge in [0.2, 0.25) is 0 Å². The lowest BCUT2D eigenvalue weighted by Crippen LogP contribution is -2.31. The maximum Gasteiger partial charge on any atom is 0.119 e. The Hall–Kier alpha value is -1.06. The summed E-state index contributed by atoms with van der Waals surface area (Å²) in [6, 6.07) is 8.28. The van der Waals surface area contributed by atoms with E-state index in [4.69, 9.17) is 10.5 Å². The Morgan fingerprint density at radius 1 is 1.39 bits per heavy atom. The van der Waals surface area contributed by atoms with Crippen molar-refractivity contribution in [2.45, 2.75) is 19.8 Å². The molecule has 0 aliphatic carbocycles. The minimum Gasteiger partial charge on any atom is -0.497 e. The first-order chi connectivity index (χ1) is 8.69. The van der Waals surface area contributed by atoms with Crippen molar-refractivity contribution in [1.29, 1.82) is 0 Å². The summed E-state index contributed by atoms with van der Waals surface area (Å²) in [7, 11) is 3.87. The van der Waals surface area contributed by atoms with E-state index < -0.39 is 0 Å². The molecule has 0 saturated heterocycles.